The van der Waals surface area contributed by atoms with Gasteiger partial charge in [-0.15, -0.1) is 0 Å². The van der Waals surface area contributed by atoms with Crippen LogP contribution in [0.5, 0.6) is 11.5 Å². The van der Waals surface area contributed by atoms with E-state index in [1.807, 2.05) is 31.2 Å². The zero-order valence-corrected chi connectivity index (χ0v) is 17.2. The van der Waals surface area contributed by atoms with Gasteiger partial charge in [0.25, 0.3) is 11.8 Å². The quantitative estimate of drug-likeness (QED) is 0.382. The lowest BCUT2D eigenvalue weighted by molar-refractivity contribution is 0.0844. The van der Waals surface area contributed by atoms with E-state index in [9.17, 15) is 14.4 Å². The lowest BCUT2D eigenvalue weighted by atomic mass is 10.1. The highest BCUT2D eigenvalue weighted by molar-refractivity contribution is 6.00. The van der Waals surface area contributed by atoms with Crippen molar-refractivity contribution >= 4 is 17.6 Å². The molecule has 0 fully saturated rings. The molecule has 31 heavy (non-hydrogen) atoms. The van der Waals surface area contributed by atoms with Crippen LogP contribution in [0.1, 0.15) is 50.6 Å². The maximum Gasteiger partial charge on any atom is 0.286 e. The summed E-state index contributed by atoms with van der Waals surface area (Å²) in [6.07, 6.45) is 1.44. The van der Waals surface area contributed by atoms with Gasteiger partial charge < -0.3 is 14.5 Å². The second-order valence-electron chi connectivity index (χ2n) is 6.66. The van der Waals surface area contributed by atoms with E-state index in [-0.39, 0.29) is 11.5 Å². The number of ether oxygens (including phenoxy) is 2. The first-order valence-corrected chi connectivity index (χ1v) is 9.71. The van der Waals surface area contributed by atoms with E-state index in [2.05, 4.69) is 15.8 Å². The standard InChI is InChI=1S/C23H23N3O5/c1-3-30-19-8-10-20(11-9-19)31-14-16-4-6-17(7-5-16)22(28)25-26-23(29)21-12-18(13-24-21)15(2)27/h4-13,24H,3,14H2,1-2H3,(H,25,28)(H,26,29). The molecule has 0 bridgehead atoms. The Morgan fingerprint density at radius 3 is 2.03 bits per heavy atom. The molecular weight excluding hydrogens is 398 g/mol. The number of benzene rings is 2. The van der Waals surface area contributed by atoms with Crippen LogP contribution in [0.25, 0.3) is 0 Å². The van der Waals surface area contributed by atoms with Crippen molar-refractivity contribution in [2.24, 2.45) is 0 Å². The summed E-state index contributed by atoms with van der Waals surface area (Å²) in [6.45, 7) is 4.28. The molecular formula is C23H23N3O5. The normalized spacial score (nSPS) is 10.3. The molecule has 3 rings (SSSR count). The van der Waals surface area contributed by atoms with Gasteiger partial charge in [-0.1, -0.05) is 12.1 Å². The molecule has 1 aromatic heterocycles. The SMILES string of the molecule is CCOc1ccc(OCc2ccc(C(=O)NNC(=O)c3cc(C(C)=O)c[nH]3)cc2)cc1. The van der Waals surface area contributed by atoms with Gasteiger partial charge in [-0.25, -0.2) is 0 Å². The van der Waals surface area contributed by atoms with Gasteiger partial charge in [0.2, 0.25) is 0 Å². The second-order valence-corrected chi connectivity index (χ2v) is 6.66. The highest BCUT2D eigenvalue weighted by Gasteiger charge is 2.12. The Balaban J connectivity index is 1.48. The number of aromatic nitrogens is 1. The lowest BCUT2D eigenvalue weighted by Crippen LogP contribution is -2.41. The molecule has 8 nitrogen and oxygen atoms in total. The number of carbonyl (C=O) groups is 3. The fraction of sp³-hybridized carbons (Fsp3) is 0.174. The number of carbonyl (C=O) groups excluding carboxylic acids is 3. The molecule has 2 amide bonds. The van der Waals surface area contributed by atoms with E-state index in [0.29, 0.717) is 30.1 Å². The number of nitrogens with one attached hydrogen (secondary N) is 3. The second kappa shape index (κ2) is 10.1. The Kier molecular flexibility index (Phi) is 7.05. The molecule has 0 saturated heterocycles. The van der Waals surface area contributed by atoms with E-state index < -0.39 is 11.8 Å². The molecule has 8 heteroatoms. The van der Waals surface area contributed by atoms with E-state index in [1.165, 1.54) is 19.2 Å². The smallest absolute Gasteiger partial charge is 0.286 e. The topological polar surface area (TPSA) is 110 Å². The third-order valence-electron chi connectivity index (χ3n) is 4.38. The van der Waals surface area contributed by atoms with Crippen LogP contribution >= 0.6 is 0 Å². The average Bonchev–Trinajstić information content (AvgIpc) is 3.28. The molecule has 0 spiro atoms. The van der Waals surface area contributed by atoms with Gasteiger partial charge >= 0.3 is 0 Å². The predicted molar refractivity (Wildman–Crippen MR) is 114 cm³/mol. The van der Waals surface area contributed by atoms with E-state index >= 15 is 0 Å². The predicted octanol–water partition coefficient (Wildman–Crippen LogP) is 3.27. The van der Waals surface area contributed by atoms with Crippen molar-refractivity contribution in [3.8, 4) is 11.5 Å². The summed E-state index contributed by atoms with van der Waals surface area (Å²) in [6, 6.07) is 15.6. The molecule has 160 valence electrons. The third kappa shape index (κ3) is 5.96. The zero-order chi connectivity index (χ0) is 22.2. The van der Waals surface area contributed by atoms with Gasteiger partial charge in [0.1, 0.15) is 23.8 Å². The van der Waals surface area contributed by atoms with Crippen molar-refractivity contribution in [3.05, 3.63) is 83.2 Å². The number of rotatable bonds is 8. The monoisotopic (exact) mass is 421 g/mol. The molecule has 3 aromatic rings. The Hall–Kier alpha value is -4.07. The average molecular weight is 421 g/mol. The molecule has 0 saturated carbocycles. The number of hydrogen-bond acceptors (Lipinski definition) is 5. The summed E-state index contributed by atoms with van der Waals surface area (Å²) in [7, 11) is 0. The van der Waals surface area contributed by atoms with Gasteiger partial charge in [0.15, 0.2) is 5.78 Å². The number of H-pyrrole nitrogens is 1. The molecule has 1 heterocycles. The van der Waals surface area contributed by atoms with Crippen molar-refractivity contribution in [1.29, 1.82) is 0 Å². The van der Waals surface area contributed by atoms with Crippen LogP contribution in [-0.2, 0) is 6.61 Å². The van der Waals surface area contributed by atoms with Crippen molar-refractivity contribution in [2.45, 2.75) is 20.5 Å². The van der Waals surface area contributed by atoms with E-state index in [4.69, 9.17) is 9.47 Å². The van der Waals surface area contributed by atoms with Crippen LogP contribution < -0.4 is 20.3 Å². The molecule has 0 unspecified atom stereocenters. The maximum atomic E-state index is 12.2. The van der Waals surface area contributed by atoms with Crippen LogP contribution in [-0.4, -0.2) is 29.2 Å². The van der Waals surface area contributed by atoms with Gasteiger partial charge in [-0.05, 0) is 61.9 Å². The molecule has 0 radical (unpaired) electrons. The minimum absolute atomic E-state index is 0.161. The summed E-state index contributed by atoms with van der Waals surface area (Å²) in [5, 5.41) is 0. The van der Waals surface area contributed by atoms with Crippen LogP contribution in [0.15, 0.2) is 60.8 Å². The maximum absolute atomic E-state index is 12.2. The number of ketones is 1. The number of amides is 2. The van der Waals surface area contributed by atoms with Crippen molar-refractivity contribution < 1.29 is 23.9 Å². The van der Waals surface area contributed by atoms with Gasteiger partial charge in [-0.2, -0.15) is 0 Å². The Morgan fingerprint density at radius 2 is 1.45 bits per heavy atom. The first-order chi connectivity index (χ1) is 15.0. The minimum atomic E-state index is -0.554. The Bertz CT molecular complexity index is 1060. The molecule has 0 aliphatic heterocycles. The molecule has 0 atom stereocenters. The number of hydrazine groups is 1. The Labute approximate surface area is 179 Å². The van der Waals surface area contributed by atoms with Crippen molar-refractivity contribution in [2.75, 3.05) is 6.61 Å². The fourth-order valence-corrected chi connectivity index (χ4v) is 2.70. The van der Waals surface area contributed by atoms with Gasteiger partial charge in [-0.3, -0.25) is 25.2 Å². The van der Waals surface area contributed by atoms with E-state index in [0.717, 1.165) is 11.3 Å². The van der Waals surface area contributed by atoms with E-state index in [1.54, 1.807) is 24.3 Å². The molecule has 3 N–H and O–H groups in total. The van der Waals surface area contributed by atoms with Gasteiger partial charge in [0, 0.05) is 17.3 Å². The van der Waals surface area contributed by atoms with Crippen LogP contribution in [0.3, 0.4) is 0 Å². The van der Waals surface area contributed by atoms with Crippen molar-refractivity contribution in [3.63, 3.8) is 0 Å². The van der Waals surface area contributed by atoms with Gasteiger partial charge in [0.05, 0.1) is 6.61 Å². The summed E-state index contributed by atoms with van der Waals surface area (Å²) in [5.41, 5.74) is 6.47. The summed E-state index contributed by atoms with van der Waals surface area (Å²) in [5.74, 6) is 0.316. The first kappa shape index (κ1) is 21.6. The Morgan fingerprint density at radius 1 is 0.839 bits per heavy atom. The summed E-state index contributed by atoms with van der Waals surface area (Å²) in [4.78, 5) is 38.3. The molecule has 0 aliphatic carbocycles. The molecule has 0 aliphatic rings. The minimum Gasteiger partial charge on any atom is -0.494 e. The highest BCUT2D eigenvalue weighted by atomic mass is 16.5. The van der Waals surface area contributed by atoms with Crippen LogP contribution in [0, 0.1) is 0 Å². The number of Topliss-reactive ketones (excluding diaryl/α,β-unsaturated/α-hetero) is 1. The zero-order valence-electron chi connectivity index (χ0n) is 17.2. The number of hydrogen-bond donors (Lipinski definition) is 3. The fourth-order valence-electron chi connectivity index (χ4n) is 2.70. The molecule has 2 aromatic carbocycles. The summed E-state index contributed by atoms with van der Waals surface area (Å²) >= 11 is 0. The summed E-state index contributed by atoms with van der Waals surface area (Å²) < 4.78 is 11.1. The third-order valence-corrected chi connectivity index (χ3v) is 4.38. The first-order valence-electron chi connectivity index (χ1n) is 9.71. The van der Waals surface area contributed by atoms with Crippen LogP contribution in [0.2, 0.25) is 0 Å². The van der Waals surface area contributed by atoms with Crippen LogP contribution in [0.4, 0.5) is 0 Å². The number of aromatic amines is 1. The van der Waals surface area contributed by atoms with Crippen molar-refractivity contribution in [1.82, 2.24) is 15.8 Å². The largest absolute Gasteiger partial charge is 0.494 e. The highest BCUT2D eigenvalue weighted by Crippen LogP contribution is 2.18. The lowest BCUT2D eigenvalue weighted by Gasteiger charge is -2.09.